The molecule has 0 fully saturated rings. The highest BCUT2D eigenvalue weighted by atomic mass is 16.5. The van der Waals surface area contributed by atoms with E-state index >= 15 is 0 Å². The summed E-state index contributed by atoms with van der Waals surface area (Å²) in [6.45, 7) is 8.05. The Bertz CT molecular complexity index is 1500. The first-order chi connectivity index (χ1) is 18.0. The van der Waals surface area contributed by atoms with Gasteiger partial charge in [0, 0.05) is 24.0 Å². The summed E-state index contributed by atoms with van der Waals surface area (Å²) in [5.41, 5.74) is 7.24. The van der Waals surface area contributed by atoms with Crippen molar-refractivity contribution in [3.63, 3.8) is 0 Å². The van der Waals surface area contributed by atoms with E-state index in [1.807, 2.05) is 54.6 Å². The molecule has 5 rings (SSSR count). The molecule has 0 bridgehead atoms. The van der Waals surface area contributed by atoms with Crippen LogP contribution in [0.3, 0.4) is 0 Å². The van der Waals surface area contributed by atoms with Crippen LogP contribution in [0.2, 0.25) is 0 Å². The molecule has 4 heteroatoms. The first kappa shape index (κ1) is 24.0. The molecule has 4 aromatic rings. The van der Waals surface area contributed by atoms with Crippen LogP contribution in [-0.2, 0) is 28.9 Å². The Hall–Kier alpha value is -4.70. The van der Waals surface area contributed by atoms with Crippen molar-refractivity contribution in [1.82, 2.24) is 0 Å². The minimum Gasteiger partial charge on any atom is -0.423 e. The number of carbonyl (C=O) groups excluding carboxylic acids is 2. The van der Waals surface area contributed by atoms with E-state index in [2.05, 4.69) is 31.4 Å². The van der Waals surface area contributed by atoms with Crippen LogP contribution >= 0.6 is 0 Å². The molecule has 0 unspecified atom stereocenters. The van der Waals surface area contributed by atoms with E-state index < -0.39 is 11.9 Å². The minimum absolute atomic E-state index is 0.297. The summed E-state index contributed by atoms with van der Waals surface area (Å²) in [7, 11) is 0. The second kappa shape index (κ2) is 10.5. The predicted octanol–water partition coefficient (Wildman–Crippen LogP) is 6.67. The number of esters is 2. The highest BCUT2D eigenvalue weighted by Gasteiger charge is 2.25. The van der Waals surface area contributed by atoms with Crippen molar-refractivity contribution in [3.8, 4) is 22.6 Å². The van der Waals surface area contributed by atoms with E-state index in [-0.39, 0.29) is 0 Å². The Morgan fingerprint density at radius 3 is 1.78 bits per heavy atom. The minimum atomic E-state index is -0.483. The molecule has 0 heterocycles. The van der Waals surface area contributed by atoms with Crippen LogP contribution in [0.4, 0.5) is 0 Å². The Morgan fingerprint density at radius 2 is 1.16 bits per heavy atom. The number of benzene rings is 4. The van der Waals surface area contributed by atoms with Crippen LogP contribution in [0.25, 0.3) is 11.1 Å². The van der Waals surface area contributed by atoms with Crippen LogP contribution in [0.15, 0.2) is 121 Å². The fourth-order valence-corrected chi connectivity index (χ4v) is 4.63. The second-order valence-corrected chi connectivity index (χ2v) is 9.03. The largest absolute Gasteiger partial charge is 0.423 e. The van der Waals surface area contributed by atoms with E-state index in [0.29, 0.717) is 35.5 Å². The lowest BCUT2D eigenvalue weighted by Crippen LogP contribution is -2.16. The first-order valence-corrected chi connectivity index (χ1v) is 12.1. The zero-order valence-corrected chi connectivity index (χ0v) is 20.4. The summed E-state index contributed by atoms with van der Waals surface area (Å²) in [4.78, 5) is 25.6. The van der Waals surface area contributed by atoms with Gasteiger partial charge >= 0.3 is 11.9 Å². The summed E-state index contributed by atoms with van der Waals surface area (Å²) in [5.74, 6) is -0.0252. The molecular formula is C33H26O4. The fourth-order valence-electron chi connectivity index (χ4n) is 4.63. The first-order valence-electron chi connectivity index (χ1n) is 12.1. The third-order valence-corrected chi connectivity index (χ3v) is 6.48. The van der Waals surface area contributed by atoms with Crippen LogP contribution in [0.5, 0.6) is 11.5 Å². The number of ether oxygens (including phenoxy) is 2. The lowest BCUT2D eigenvalue weighted by Gasteiger charge is -2.17. The number of para-hydroxylation sites is 2. The van der Waals surface area contributed by atoms with Crippen molar-refractivity contribution >= 4 is 11.9 Å². The van der Waals surface area contributed by atoms with E-state index in [0.717, 1.165) is 28.7 Å². The molecule has 4 nitrogen and oxygen atoms in total. The maximum Gasteiger partial charge on any atom is 0.339 e. The van der Waals surface area contributed by atoms with Crippen molar-refractivity contribution in [3.05, 3.63) is 144 Å². The van der Waals surface area contributed by atoms with Crippen LogP contribution < -0.4 is 9.47 Å². The lowest BCUT2D eigenvalue weighted by molar-refractivity contribution is -0.131. The lowest BCUT2D eigenvalue weighted by atomic mass is 9.89. The van der Waals surface area contributed by atoms with E-state index in [4.69, 9.17) is 9.47 Å². The van der Waals surface area contributed by atoms with Gasteiger partial charge < -0.3 is 9.47 Å². The molecule has 37 heavy (non-hydrogen) atoms. The Balaban J connectivity index is 1.42. The van der Waals surface area contributed by atoms with Crippen molar-refractivity contribution in [2.45, 2.75) is 19.3 Å². The molecule has 1 aliphatic rings. The summed E-state index contributed by atoms with van der Waals surface area (Å²) >= 11 is 0. The zero-order chi connectivity index (χ0) is 25.8. The Morgan fingerprint density at radius 1 is 0.622 bits per heavy atom. The predicted molar refractivity (Wildman–Crippen MR) is 145 cm³/mol. The summed E-state index contributed by atoms with van der Waals surface area (Å²) in [5, 5.41) is 0. The third kappa shape index (κ3) is 5.29. The average molecular weight is 487 g/mol. The quantitative estimate of drug-likeness (QED) is 0.140. The van der Waals surface area contributed by atoms with Gasteiger partial charge in [-0.25, -0.2) is 9.59 Å². The van der Waals surface area contributed by atoms with E-state index in [9.17, 15) is 9.59 Å². The van der Waals surface area contributed by atoms with Gasteiger partial charge in [0.15, 0.2) is 0 Å². The number of rotatable bonds is 8. The molecule has 0 radical (unpaired) electrons. The van der Waals surface area contributed by atoms with Crippen molar-refractivity contribution in [1.29, 1.82) is 0 Å². The highest BCUT2D eigenvalue weighted by Crippen LogP contribution is 2.40. The topological polar surface area (TPSA) is 52.6 Å². The molecular weight excluding hydrogens is 460 g/mol. The summed E-state index contributed by atoms with van der Waals surface area (Å²) in [6, 6.07) is 30.3. The van der Waals surface area contributed by atoms with Gasteiger partial charge in [0.2, 0.25) is 0 Å². The van der Waals surface area contributed by atoms with Gasteiger partial charge in [-0.2, -0.15) is 0 Å². The molecule has 0 aromatic heterocycles. The summed E-state index contributed by atoms with van der Waals surface area (Å²) in [6.07, 6.45) is 1.35. The maximum atomic E-state index is 12.9. The second-order valence-electron chi connectivity index (χ2n) is 9.03. The molecule has 0 atom stereocenters. The monoisotopic (exact) mass is 486 g/mol. The molecule has 4 aromatic carbocycles. The Kier molecular flexibility index (Phi) is 6.82. The molecule has 0 amide bonds. The number of carbonyl (C=O) groups is 2. The molecule has 182 valence electrons. The average Bonchev–Trinajstić information content (AvgIpc) is 3.30. The molecule has 1 aliphatic carbocycles. The van der Waals surface area contributed by atoms with Gasteiger partial charge in [-0.1, -0.05) is 86.0 Å². The molecule has 0 aliphatic heterocycles. The highest BCUT2D eigenvalue weighted by molar-refractivity contribution is 5.92. The van der Waals surface area contributed by atoms with Crippen molar-refractivity contribution in [2.75, 3.05) is 0 Å². The maximum absolute atomic E-state index is 12.9. The van der Waals surface area contributed by atoms with Crippen LogP contribution in [-0.4, -0.2) is 11.9 Å². The van der Waals surface area contributed by atoms with Gasteiger partial charge in [0.1, 0.15) is 11.5 Å². The SMILES string of the molecule is C=C(Cc1ccc2c(c1CC(=C)C(=O)Oc1ccccc1)Cc1ccccc1-2)C(=O)Oc1ccccc1. The van der Waals surface area contributed by atoms with Crippen molar-refractivity contribution in [2.24, 2.45) is 0 Å². The molecule has 0 N–H and O–H groups in total. The zero-order valence-electron chi connectivity index (χ0n) is 20.4. The fraction of sp³-hybridized carbons (Fsp3) is 0.0909. The Labute approximate surface area is 216 Å². The van der Waals surface area contributed by atoms with Gasteiger partial charge in [-0.05, 0) is 64.1 Å². The van der Waals surface area contributed by atoms with Gasteiger partial charge in [-0.15, -0.1) is 0 Å². The molecule has 0 saturated heterocycles. The number of hydrogen-bond donors (Lipinski definition) is 0. The third-order valence-electron chi connectivity index (χ3n) is 6.48. The van der Waals surface area contributed by atoms with Gasteiger partial charge in [-0.3, -0.25) is 0 Å². The van der Waals surface area contributed by atoms with Gasteiger partial charge in [0.25, 0.3) is 0 Å². The smallest absolute Gasteiger partial charge is 0.339 e. The van der Waals surface area contributed by atoms with Crippen LogP contribution in [0, 0.1) is 0 Å². The molecule has 0 spiro atoms. The van der Waals surface area contributed by atoms with Crippen molar-refractivity contribution < 1.29 is 19.1 Å². The van der Waals surface area contributed by atoms with Crippen LogP contribution in [0.1, 0.15) is 22.3 Å². The summed E-state index contributed by atoms with van der Waals surface area (Å²) < 4.78 is 11.0. The number of hydrogen-bond acceptors (Lipinski definition) is 4. The number of fused-ring (bicyclic) bond motifs is 3. The molecule has 0 saturated carbocycles. The van der Waals surface area contributed by atoms with E-state index in [1.54, 1.807) is 24.3 Å². The van der Waals surface area contributed by atoms with E-state index in [1.165, 1.54) is 11.1 Å². The van der Waals surface area contributed by atoms with Gasteiger partial charge in [0.05, 0.1) is 0 Å². The normalized spacial score (nSPS) is 11.2. The standard InChI is InChI=1S/C33H26O4/c1-22(32(34)36-26-12-5-3-6-13-26)19-25-17-18-29-28-16-10-9-11-24(28)21-31(29)30(25)20-23(2)33(35)37-27-14-7-4-8-15-27/h3-18H,1-2,19-21H2.